The summed E-state index contributed by atoms with van der Waals surface area (Å²) in [6.45, 7) is 9.32. The van der Waals surface area contributed by atoms with E-state index in [2.05, 4.69) is 15.2 Å². The fourth-order valence-electron chi connectivity index (χ4n) is 9.09. The van der Waals surface area contributed by atoms with Crippen molar-refractivity contribution in [2.24, 2.45) is 4.99 Å². The molecule has 0 saturated carbocycles. The van der Waals surface area contributed by atoms with Crippen LogP contribution in [0.4, 0.5) is 0 Å². The van der Waals surface area contributed by atoms with Crippen LogP contribution >= 0.6 is 22.9 Å². The molecule has 17 heteroatoms. The molecule has 2 aromatic carbocycles. The van der Waals surface area contributed by atoms with Gasteiger partial charge >= 0.3 is 11.7 Å². The summed E-state index contributed by atoms with van der Waals surface area (Å²) >= 11 is 7.61. The lowest BCUT2D eigenvalue weighted by atomic mass is 9.98. The standard InChI is InChI=1S/C50H47ClN8O7S/c1-26-25-66-29(4)43(26)35-20-37-34(21-41(35)64-6)46-39(23-53-37)57(50(63)58(46)28(3)36-13-10-11-19-52-36)24-33(60)12-8-9-14-40(61)47-27(2)44-45(31-15-17-32(51)18-16-31)54-38(22-42(62)65-7)48-56-55-30(5)59(48)49(44)67-47/h10-11,13,15-21,23,25,28,38H,8-9,12,14,22,24H2,1-7H3. The fourth-order valence-corrected chi connectivity index (χ4v) is 10.5. The molecule has 0 radical (unpaired) electrons. The van der Waals surface area contributed by atoms with E-state index in [4.69, 9.17) is 35.5 Å². The minimum Gasteiger partial charge on any atom is -0.496 e. The number of nitrogens with zero attached hydrogens (tertiary/aromatic N) is 8. The van der Waals surface area contributed by atoms with Crippen molar-refractivity contribution in [1.29, 1.82) is 0 Å². The predicted octanol–water partition coefficient (Wildman–Crippen LogP) is 9.62. The molecule has 0 spiro atoms. The Kier molecular flexibility index (Phi) is 12.3. The molecular formula is C50H47ClN8O7S. The highest BCUT2D eigenvalue weighted by atomic mass is 35.5. The molecule has 0 aliphatic carbocycles. The normalized spacial score (nSPS) is 13.9. The van der Waals surface area contributed by atoms with E-state index < -0.39 is 18.1 Å². The van der Waals surface area contributed by atoms with Gasteiger partial charge in [0.1, 0.15) is 28.4 Å². The van der Waals surface area contributed by atoms with Crippen LogP contribution in [-0.4, -0.2) is 71.3 Å². The van der Waals surface area contributed by atoms with Gasteiger partial charge in [-0.05, 0) is 95.0 Å². The number of benzene rings is 2. The smallest absolute Gasteiger partial charge is 0.330 e. The molecule has 9 rings (SSSR count). The third-order valence-corrected chi connectivity index (χ3v) is 14.0. The lowest BCUT2D eigenvalue weighted by molar-refractivity contribution is -0.141. The van der Waals surface area contributed by atoms with E-state index >= 15 is 0 Å². The number of fused-ring (bicyclic) bond motifs is 6. The lowest BCUT2D eigenvalue weighted by Crippen LogP contribution is -2.29. The second-order valence-corrected chi connectivity index (χ2v) is 18.1. The zero-order chi connectivity index (χ0) is 47.3. The maximum Gasteiger partial charge on any atom is 0.330 e. The zero-order valence-corrected chi connectivity index (χ0v) is 39.6. The van der Waals surface area contributed by atoms with Crippen LogP contribution in [0.25, 0.3) is 38.1 Å². The summed E-state index contributed by atoms with van der Waals surface area (Å²) in [5, 5.41) is 10.7. The number of methoxy groups -OCH3 is 2. The highest BCUT2D eigenvalue weighted by molar-refractivity contribution is 7.17. The molecule has 0 bridgehead atoms. The number of carbonyl (C=O) groups is 3. The Labute approximate surface area is 394 Å². The summed E-state index contributed by atoms with van der Waals surface area (Å²) in [6.07, 6.45) is 6.22. The number of hydrogen-bond donors (Lipinski definition) is 0. The van der Waals surface area contributed by atoms with Gasteiger partial charge in [-0.1, -0.05) is 29.8 Å². The zero-order valence-electron chi connectivity index (χ0n) is 38.0. The monoisotopic (exact) mass is 938 g/mol. The van der Waals surface area contributed by atoms with E-state index in [0.29, 0.717) is 73.5 Å². The lowest BCUT2D eigenvalue weighted by Gasteiger charge is -2.15. The van der Waals surface area contributed by atoms with E-state index in [1.807, 2.05) is 81.7 Å². The van der Waals surface area contributed by atoms with Gasteiger partial charge in [0.05, 0.1) is 78.5 Å². The van der Waals surface area contributed by atoms with Gasteiger partial charge in [-0.3, -0.25) is 43.0 Å². The second-order valence-electron chi connectivity index (χ2n) is 16.7. The van der Waals surface area contributed by atoms with Crippen molar-refractivity contribution in [3.05, 3.63) is 139 Å². The number of hydrogen-bond acceptors (Lipinski definition) is 13. The number of pyridine rings is 2. The van der Waals surface area contributed by atoms with E-state index in [1.54, 1.807) is 42.5 Å². The average molecular weight is 939 g/mol. The van der Waals surface area contributed by atoms with Gasteiger partial charge in [0.25, 0.3) is 0 Å². The van der Waals surface area contributed by atoms with Crippen LogP contribution in [0.1, 0.15) is 106 Å². The van der Waals surface area contributed by atoms with Crippen LogP contribution in [0.5, 0.6) is 5.75 Å². The summed E-state index contributed by atoms with van der Waals surface area (Å²) in [5.74, 6) is 1.71. The topological polar surface area (TPSA) is 179 Å². The number of aliphatic imine (C=N–C) groups is 1. The molecule has 8 aromatic rings. The van der Waals surface area contributed by atoms with Crippen LogP contribution in [0.15, 0.2) is 87.5 Å². The van der Waals surface area contributed by atoms with Gasteiger partial charge in [0, 0.05) is 51.7 Å². The molecule has 0 fully saturated rings. The molecule has 15 nitrogen and oxygen atoms in total. The Balaban J connectivity index is 0.982. The number of ketones is 2. The highest BCUT2D eigenvalue weighted by Crippen LogP contribution is 2.42. The molecule has 7 heterocycles. The van der Waals surface area contributed by atoms with Crippen molar-refractivity contribution in [2.75, 3.05) is 14.2 Å². The second kappa shape index (κ2) is 18.3. The van der Waals surface area contributed by atoms with Gasteiger partial charge < -0.3 is 13.9 Å². The van der Waals surface area contributed by atoms with Crippen molar-refractivity contribution >= 4 is 68.1 Å². The van der Waals surface area contributed by atoms with Crippen molar-refractivity contribution < 1.29 is 28.3 Å². The van der Waals surface area contributed by atoms with E-state index in [9.17, 15) is 19.2 Å². The number of aryl methyl sites for hydroxylation is 3. The number of Topliss-reactive ketones (excluding diaryl/α,β-unsaturated/α-hetero) is 2. The number of thiophene rings is 1. The van der Waals surface area contributed by atoms with Crippen LogP contribution in [0.2, 0.25) is 5.02 Å². The number of esters is 1. The first-order chi connectivity index (χ1) is 32.3. The minimum atomic E-state index is -0.694. The number of unbranched alkanes of at least 4 members (excludes halogenated alkanes) is 1. The van der Waals surface area contributed by atoms with Crippen molar-refractivity contribution in [3.63, 3.8) is 0 Å². The Morgan fingerprint density at radius 3 is 2.43 bits per heavy atom. The van der Waals surface area contributed by atoms with Gasteiger partial charge in [0.15, 0.2) is 17.4 Å². The van der Waals surface area contributed by atoms with E-state index in [0.717, 1.165) is 44.1 Å². The maximum atomic E-state index is 14.6. The summed E-state index contributed by atoms with van der Waals surface area (Å²) in [6, 6.07) is 15.5. The third kappa shape index (κ3) is 8.18. The van der Waals surface area contributed by atoms with Gasteiger partial charge in [-0.25, -0.2) is 4.79 Å². The van der Waals surface area contributed by atoms with Gasteiger partial charge in [0.2, 0.25) is 0 Å². The molecule has 0 N–H and O–H groups in total. The predicted molar refractivity (Wildman–Crippen MR) is 256 cm³/mol. The molecule has 0 saturated heterocycles. The van der Waals surface area contributed by atoms with Crippen LogP contribution in [-0.2, 0) is 20.9 Å². The van der Waals surface area contributed by atoms with Crippen LogP contribution < -0.4 is 10.4 Å². The van der Waals surface area contributed by atoms with E-state index in [-0.39, 0.29) is 43.1 Å². The Morgan fingerprint density at radius 2 is 1.73 bits per heavy atom. The van der Waals surface area contributed by atoms with E-state index in [1.165, 1.54) is 23.0 Å². The van der Waals surface area contributed by atoms with Crippen LogP contribution in [0.3, 0.4) is 0 Å². The van der Waals surface area contributed by atoms with Crippen molar-refractivity contribution in [3.8, 4) is 21.9 Å². The summed E-state index contributed by atoms with van der Waals surface area (Å²) in [7, 11) is 2.93. The molecular weight excluding hydrogens is 892 g/mol. The fraction of sp³-hybridized carbons (Fsp3) is 0.300. The average Bonchev–Trinajstić information content (AvgIpc) is 4.04. The molecule has 0 amide bonds. The Bertz CT molecular complexity index is 3320. The highest BCUT2D eigenvalue weighted by Gasteiger charge is 2.34. The number of ether oxygens (including phenoxy) is 2. The quantitative estimate of drug-likeness (QED) is 0.0543. The number of halogens is 1. The number of imidazole rings is 1. The Morgan fingerprint density at radius 1 is 0.955 bits per heavy atom. The summed E-state index contributed by atoms with van der Waals surface area (Å²) in [5.41, 5.74) is 7.60. The molecule has 67 heavy (non-hydrogen) atoms. The largest absolute Gasteiger partial charge is 0.496 e. The SMILES string of the molecule is COC(=O)CC1N=C(c2ccc(Cl)cc2)c2c(sc(C(=O)CCCCC(=O)Cn3c(=O)n(C(C)c4ccccn4)c4c5cc(OC)c(-c6c(C)coc6C)cc5ncc43)c2C)-n2c(C)nnc21. The molecule has 342 valence electrons. The molecule has 1 aliphatic heterocycles. The molecule has 1 aliphatic rings. The molecule has 2 unspecified atom stereocenters. The molecule has 2 atom stereocenters. The first kappa shape index (κ1) is 45.1. The third-order valence-electron chi connectivity index (χ3n) is 12.4. The number of furan rings is 1. The van der Waals surface area contributed by atoms with Gasteiger partial charge in [-0.2, -0.15) is 0 Å². The van der Waals surface area contributed by atoms with Crippen molar-refractivity contribution in [2.45, 2.75) is 85.4 Å². The summed E-state index contributed by atoms with van der Waals surface area (Å²) in [4.78, 5) is 70.1. The van der Waals surface area contributed by atoms with Crippen LogP contribution in [0, 0.1) is 27.7 Å². The number of rotatable bonds is 15. The summed E-state index contributed by atoms with van der Waals surface area (Å²) < 4.78 is 21.7. The first-order valence-electron chi connectivity index (χ1n) is 21.9. The number of aromatic nitrogens is 7. The molecule has 6 aromatic heterocycles. The first-order valence-corrected chi connectivity index (χ1v) is 23.1. The number of carbonyl (C=O) groups excluding carboxylic acids is 3. The van der Waals surface area contributed by atoms with Gasteiger partial charge in [-0.15, -0.1) is 21.5 Å². The minimum absolute atomic E-state index is 0.0537. The Hall–Kier alpha value is -7.04. The maximum absolute atomic E-state index is 14.6. The van der Waals surface area contributed by atoms with Crippen molar-refractivity contribution in [1.82, 2.24) is 33.9 Å².